The minimum atomic E-state index is -1.68. The van der Waals surface area contributed by atoms with Crippen molar-refractivity contribution in [1.82, 2.24) is 10.2 Å². The monoisotopic (exact) mass is 748 g/mol. The Bertz CT molecular complexity index is 1610. The van der Waals surface area contributed by atoms with Crippen LogP contribution in [-0.2, 0) is 57.9 Å². The summed E-state index contributed by atoms with van der Waals surface area (Å²) in [5, 5.41) is 49.6. The maximum Gasteiger partial charge on any atom is 0.326 e. The number of aliphatic carboxylic acids is 5. The first kappa shape index (κ1) is 43.2. The number of nitrogens with zero attached hydrogens (tertiary/aromatic N) is 1. The van der Waals surface area contributed by atoms with Gasteiger partial charge in [-0.3, -0.25) is 28.8 Å². The number of nitrogens with two attached hydrogens (primary N) is 2. The van der Waals surface area contributed by atoms with E-state index in [1.165, 1.54) is 6.26 Å². The molecule has 19 nitrogen and oxygen atoms in total. The van der Waals surface area contributed by atoms with Crippen LogP contribution in [-0.4, -0.2) is 96.6 Å². The molecule has 2 rings (SSSR count). The predicted octanol–water partition coefficient (Wildman–Crippen LogP) is 0.803. The molecule has 53 heavy (non-hydrogen) atoms. The van der Waals surface area contributed by atoms with E-state index in [-0.39, 0.29) is 39.0 Å². The van der Waals surface area contributed by atoms with Crippen LogP contribution in [0.25, 0.3) is 0 Å². The molecule has 1 aromatic carbocycles. The molecule has 0 saturated heterocycles. The molecule has 290 valence electrons. The second-order valence-electron chi connectivity index (χ2n) is 12.1. The van der Waals surface area contributed by atoms with Crippen molar-refractivity contribution < 1.29 is 73.0 Å². The van der Waals surface area contributed by atoms with Crippen LogP contribution in [0.4, 0.5) is 0 Å². The van der Waals surface area contributed by atoms with Gasteiger partial charge in [0.2, 0.25) is 17.7 Å². The fourth-order valence-corrected chi connectivity index (χ4v) is 5.42. The Morgan fingerprint density at radius 1 is 0.755 bits per heavy atom. The summed E-state index contributed by atoms with van der Waals surface area (Å²) < 4.78 is 11.0. The number of rotatable bonds is 26. The Labute approximate surface area is 302 Å². The fraction of sp³-hybridized carbons (Fsp3) is 0.471. The molecule has 0 aliphatic rings. The van der Waals surface area contributed by atoms with E-state index in [1.807, 2.05) is 0 Å². The molecule has 19 heteroatoms. The Kier molecular flexibility index (Phi) is 17.4. The lowest BCUT2D eigenvalue weighted by molar-refractivity contribution is -0.155. The number of furan rings is 1. The van der Waals surface area contributed by atoms with Crippen LogP contribution in [0.2, 0.25) is 0 Å². The third-order valence-electron chi connectivity index (χ3n) is 8.28. The number of hydrogen-bond acceptors (Lipinski definition) is 11. The van der Waals surface area contributed by atoms with Gasteiger partial charge in [-0.25, -0.2) is 9.59 Å². The minimum absolute atomic E-state index is 0.154. The molecule has 1 heterocycles. The zero-order chi connectivity index (χ0) is 39.7. The highest BCUT2D eigenvalue weighted by Crippen LogP contribution is 2.24. The number of amides is 3. The molecule has 2 unspecified atom stereocenters. The average molecular weight is 749 g/mol. The van der Waals surface area contributed by atoms with Gasteiger partial charge in [-0.1, -0.05) is 12.1 Å². The normalized spacial score (nSPS) is 13.2. The van der Waals surface area contributed by atoms with Crippen LogP contribution >= 0.6 is 0 Å². The lowest BCUT2D eigenvalue weighted by Gasteiger charge is -2.29. The summed E-state index contributed by atoms with van der Waals surface area (Å²) in [7, 11) is 0. The molecule has 2 aromatic rings. The van der Waals surface area contributed by atoms with E-state index in [0.29, 0.717) is 17.1 Å². The molecular formula is C34H44N4O15. The summed E-state index contributed by atoms with van der Waals surface area (Å²) in [6, 6.07) is 5.33. The largest absolute Gasteiger partial charge is 0.489 e. The van der Waals surface area contributed by atoms with Crippen molar-refractivity contribution >= 4 is 47.6 Å². The van der Waals surface area contributed by atoms with Crippen LogP contribution in [0, 0.1) is 11.8 Å². The summed E-state index contributed by atoms with van der Waals surface area (Å²) in [5.41, 5.74) is 12.2. The van der Waals surface area contributed by atoms with Crippen LogP contribution in [0.15, 0.2) is 41.0 Å². The molecule has 4 atom stereocenters. The van der Waals surface area contributed by atoms with E-state index in [0.717, 1.165) is 10.5 Å². The highest BCUT2D eigenvalue weighted by atomic mass is 16.5. The number of benzene rings is 1. The van der Waals surface area contributed by atoms with Crippen molar-refractivity contribution in [3.63, 3.8) is 0 Å². The van der Waals surface area contributed by atoms with E-state index in [4.69, 9.17) is 25.7 Å². The number of carboxylic acid groups (broad SMARTS) is 5. The molecule has 0 spiro atoms. The average Bonchev–Trinajstić information content (AvgIpc) is 3.56. The van der Waals surface area contributed by atoms with E-state index in [1.54, 1.807) is 30.3 Å². The van der Waals surface area contributed by atoms with Crippen molar-refractivity contribution in [3.8, 4) is 5.75 Å². The Hall–Kier alpha value is -5.98. The standard InChI is InChI=1S/C34H44N4O15/c35-16-22-15-20(18-53-22)17-52-21-3-1-19(2-4-21)13-14-38(26(34(50)51)8-9-27(36)39)29(41)11-7-25(33(48)49)37-28(40)10-5-23(31(44)45)24(32(46)47)6-12-30(42)43/h1-4,15,18,23-26H,5-14,16-17,35H2,(H2,36,39)(H,37,40)(H,42,43)(H,44,45)(H,46,47)(H,48,49)(H,50,51)/t23?,24?,25-,26-/m0/s1. The smallest absolute Gasteiger partial charge is 0.326 e. The van der Waals surface area contributed by atoms with E-state index in [9.17, 15) is 58.8 Å². The molecule has 0 saturated carbocycles. The number of ether oxygens (including phenoxy) is 1. The van der Waals surface area contributed by atoms with Gasteiger partial charge in [0.15, 0.2) is 0 Å². The van der Waals surface area contributed by atoms with E-state index < -0.39 is 110 Å². The first-order valence-corrected chi connectivity index (χ1v) is 16.5. The number of primary amides is 1. The van der Waals surface area contributed by atoms with Gasteiger partial charge in [-0.05, 0) is 55.9 Å². The molecule has 0 fully saturated rings. The third kappa shape index (κ3) is 15.0. The fourth-order valence-electron chi connectivity index (χ4n) is 5.42. The first-order valence-electron chi connectivity index (χ1n) is 16.5. The van der Waals surface area contributed by atoms with Crippen molar-refractivity contribution in [2.75, 3.05) is 6.54 Å². The molecule has 0 aliphatic carbocycles. The topological polar surface area (TPSA) is 327 Å². The number of carboxylic acids is 5. The summed E-state index contributed by atoms with van der Waals surface area (Å²) in [4.78, 5) is 97.0. The lowest BCUT2D eigenvalue weighted by atomic mass is 9.85. The summed E-state index contributed by atoms with van der Waals surface area (Å²) in [6.07, 6.45) is -2.40. The Balaban J connectivity index is 2.10. The zero-order valence-electron chi connectivity index (χ0n) is 28.7. The Morgan fingerprint density at radius 2 is 1.38 bits per heavy atom. The van der Waals surface area contributed by atoms with Crippen LogP contribution in [0.5, 0.6) is 5.75 Å². The van der Waals surface area contributed by atoms with Crippen molar-refractivity contribution in [2.45, 2.75) is 83.0 Å². The summed E-state index contributed by atoms with van der Waals surface area (Å²) in [5.74, 6) is -12.2. The molecule has 0 radical (unpaired) electrons. The van der Waals surface area contributed by atoms with Crippen LogP contribution < -0.4 is 21.5 Å². The predicted molar refractivity (Wildman–Crippen MR) is 180 cm³/mol. The van der Waals surface area contributed by atoms with Gasteiger partial charge < -0.3 is 56.4 Å². The van der Waals surface area contributed by atoms with Gasteiger partial charge in [0.25, 0.3) is 0 Å². The first-order chi connectivity index (χ1) is 25.0. The molecule has 10 N–H and O–H groups in total. The number of nitrogens with one attached hydrogen (secondary N) is 1. The quantitative estimate of drug-likeness (QED) is 0.0659. The molecule has 3 amide bonds. The number of carbonyl (C=O) groups is 8. The van der Waals surface area contributed by atoms with Crippen molar-refractivity contribution in [3.05, 3.63) is 53.5 Å². The van der Waals surface area contributed by atoms with Gasteiger partial charge in [0, 0.05) is 37.8 Å². The highest BCUT2D eigenvalue weighted by molar-refractivity contribution is 5.87. The second kappa shape index (κ2) is 21.4. The Morgan fingerprint density at radius 3 is 1.89 bits per heavy atom. The number of hydrogen-bond donors (Lipinski definition) is 8. The van der Waals surface area contributed by atoms with Gasteiger partial charge in [0.1, 0.15) is 30.2 Å². The van der Waals surface area contributed by atoms with Crippen molar-refractivity contribution in [2.24, 2.45) is 23.3 Å². The molecule has 0 aliphatic heterocycles. The molecule has 1 aromatic heterocycles. The van der Waals surface area contributed by atoms with E-state index in [2.05, 4.69) is 5.32 Å². The third-order valence-corrected chi connectivity index (χ3v) is 8.28. The van der Waals surface area contributed by atoms with Crippen molar-refractivity contribution in [1.29, 1.82) is 0 Å². The maximum atomic E-state index is 13.4. The lowest BCUT2D eigenvalue weighted by Crippen LogP contribution is -2.47. The van der Waals surface area contributed by atoms with Gasteiger partial charge in [-0.2, -0.15) is 0 Å². The molecule has 0 bridgehead atoms. The van der Waals surface area contributed by atoms with Crippen LogP contribution in [0.1, 0.15) is 68.3 Å². The van der Waals surface area contributed by atoms with Gasteiger partial charge in [-0.15, -0.1) is 0 Å². The summed E-state index contributed by atoms with van der Waals surface area (Å²) in [6.45, 7) is 0.301. The number of carbonyl (C=O) groups excluding carboxylic acids is 3. The maximum absolute atomic E-state index is 13.4. The van der Waals surface area contributed by atoms with Gasteiger partial charge >= 0.3 is 29.8 Å². The van der Waals surface area contributed by atoms with E-state index >= 15 is 0 Å². The van der Waals surface area contributed by atoms with Crippen LogP contribution in [0.3, 0.4) is 0 Å². The highest BCUT2D eigenvalue weighted by Gasteiger charge is 2.35. The summed E-state index contributed by atoms with van der Waals surface area (Å²) >= 11 is 0. The zero-order valence-corrected chi connectivity index (χ0v) is 28.7. The van der Waals surface area contributed by atoms with Gasteiger partial charge in [0.05, 0.1) is 24.6 Å². The second-order valence-corrected chi connectivity index (χ2v) is 12.1. The SMILES string of the molecule is NCc1cc(COc2ccc(CCN(C(=O)CC[C@H](NC(=O)CCC(C(=O)O)C(CCC(=O)O)C(=O)O)C(=O)O)[C@@H](CCC(N)=O)C(=O)O)cc2)co1. The minimum Gasteiger partial charge on any atom is -0.489 e. The molecular weight excluding hydrogens is 704 g/mol.